The van der Waals surface area contributed by atoms with Gasteiger partial charge < -0.3 is 9.84 Å². The van der Waals surface area contributed by atoms with Gasteiger partial charge in [0, 0.05) is 4.91 Å². The van der Waals surface area contributed by atoms with Gasteiger partial charge in [-0.05, 0) is 18.0 Å². The molecule has 1 rings (SSSR count). The van der Waals surface area contributed by atoms with Crippen LogP contribution in [0.15, 0.2) is 35.4 Å². The first-order chi connectivity index (χ1) is 8.04. The van der Waals surface area contributed by atoms with Crippen LogP contribution in [-0.4, -0.2) is 23.8 Å². The molecule has 0 radical (unpaired) electrons. The average Bonchev–Trinajstić information content (AvgIpc) is 2.35. The lowest BCUT2D eigenvalue weighted by molar-refractivity contribution is -0.162. The van der Waals surface area contributed by atoms with Crippen molar-refractivity contribution in [2.24, 2.45) is 5.11 Å². The molecule has 0 fully saturated rings. The molecule has 0 aliphatic heterocycles. The number of aliphatic hydroxyl groups is 1. The van der Waals surface area contributed by atoms with Crippen LogP contribution < -0.4 is 0 Å². The summed E-state index contributed by atoms with van der Waals surface area (Å²) in [5, 5.41) is 13.6. The number of nitrogens with zero attached hydrogens (tertiary/aromatic N) is 3. The van der Waals surface area contributed by atoms with Crippen molar-refractivity contribution in [2.45, 2.75) is 18.6 Å². The quantitative estimate of drug-likeness (QED) is 0.374. The smallest absolute Gasteiger partial charge is 0.338 e. The van der Waals surface area contributed by atoms with Gasteiger partial charge in [0.1, 0.15) is 6.04 Å². The number of ether oxygens (including phenoxy) is 1. The van der Waals surface area contributed by atoms with Gasteiger partial charge in [0.25, 0.3) is 0 Å². The van der Waals surface area contributed by atoms with Crippen LogP contribution in [0, 0.1) is 0 Å². The molecule has 0 aliphatic rings. The zero-order valence-electron chi connectivity index (χ0n) is 9.57. The molecule has 1 N–H and O–H groups in total. The summed E-state index contributed by atoms with van der Waals surface area (Å²) in [4.78, 5) is 14.1. The number of hydrogen-bond donors (Lipinski definition) is 1. The molecule has 0 aromatic heterocycles. The Labute approximate surface area is 98.5 Å². The van der Waals surface area contributed by atoms with Crippen molar-refractivity contribution in [3.8, 4) is 0 Å². The fourth-order valence-corrected chi connectivity index (χ4v) is 1.51. The van der Waals surface area contributed by atoms with Crippen LogP contribution in [0.2, 0.25) is 0 Å². The lowest BCUT2D eigenvalue weighted by atomic mass is 9.91. The van der Waals surface area contributed by atoms with Crippen LogP contribution in [0.1, 0.15) is 18.5 Å². The fraction of sp³-hybridized carbons (Fsp3) is 0.364. The lowest BCUT2D eigenvalue weighted by Crippen LogP contribution is -2.41. The Morgan fingerprint density at radius 3 is 2.59 bits per heavy atom. The molecule has 0 saturated heterocycles. The van der Waals surface area contributed by atoms with Gasteiger partial charge in [0.05, 0.1) is 7.11 Å². The van der Waals surface area contributed by atoms with Gasteiger partial charge in [0.2, 0.25) is 0 Å². The summed E-state index contributed by atoms with van der Waals surface area (Å²) in [5.41, 5.74) is 7.15. The predicted molar refractivity (Wildman–Crippen MR) is 61.0 cm³/mol. The van der Waals surface area contributed by atoms with Crippen molar-refractivity contribution < 1.29 is 14.6 Å². The summed E-state index contributed by atoms with van der Waals surface area (Å²) in [7, 11) is 1.16. The molecule has 0 saturated carbocycles. The van der Waals surface area contributed by atoms with Crippen LogP contribution in [-0.2, 0) is 9.53 Å². The molecule has 0 aliphatic carbocycles. The number of benzene rings is 1. The van der Waals surface area contributed by atoms with E-state index < -0.39 is 17.6 Å². The van der Waals surface area contributed by atoms with E-state index in [1.54, 1.807) is 30.3 Å². The standard InChI is InChI=1S/C11H13N3O3/c1-11(16,10(15)17-2)9(13-14-12)8-6-4-3-5-7-8/h3-7,9,16H,1-2H3/t9-,11+/m0/s1. The Balaban J connectivity index is 3.19. The molecule has 0 amide bonds. The van der Waals surface area contributed by atoms with E-state index in [1.807, 2.05) is 0 Å². The fourth-order valence-electron chi connectivity index (χ4n) is 1.51. The summed E-state index contributed by atoms with van der Waals surface area (Å²) >= 11 is 0. The minimum atomic E-state index is -1.90. The molecular formula is C11H13N3O3. The lowest BCUT2D eigenvalue weighted by Gasteiger charge is -2.26. The van der Waals surface area contributed by atoms with Crippen LogP contribution in [0.4, 0.5) is 0 Å². The summed E-state index contributed by atoms with van der Waals surface area (Å²) in [5.74, 6) is -0.848. The molecule has 0 spiro atoms. The second-order valence-electron chi connectivity index (χ2n) is 3.66. The first-order valence-corrected chi connectivity index (χ1v) is 4.94. The van der Waals surface area contributed by atoms with E-state index in [9.17, 15) is 9.90 Å². The Kier molecular flexibility index (Phi) is 4.09. The van der Waals surface area contributed by atoms with E-state index in [0.717, 1.165) is 7.11 Å². The van der Waals surface area contributed by atoms with Gasteiger partial charge in [-0.3, -0.25) is 0 Å². The molecule has 1 aromatic rings. The third-order valence-electron chi connectivity index (χ3n) is 2.41. The minimum Gasteiger partial charge on any atom is -0.467 e. The van der Waals surface area contributed by atoms with Gasteiger partial charge in [-0.25, -0.2) is 4.79 Å². The maximum atomic E-state index is 11.5. The first kappa shape index (κ1) is 13.0. The second-order valence-corrected chi connectivity index (χ2v) is 3.66. The Bertz CT molecular complexity index is 439. The van der Waals surface area contributed by atoms with Gasteiger partial charge in [-0.15, -0.1) is 0 Å². The molecule has 6 heteroatoms. The van der Waals surface area contributed by atoms with Crippen molar-refractivity contribution in [3.05, 3.63) is 46.3 Å². The van der Waals surface area contributed by atoms with E-state index in [2.05, 4.69) is 14.8 Å². The largest absolute Gasteiger partial charge is 0.467 e. The molecular weight excluding hydrogens is 222 g/mol. The topological polar surface area (TPSA) is 95.3 Å². The summed E-state index contributed by atoms with van der Waals surface area (Å²) < 4.78 is 4.49. The Hall–Kier alpha value is -2.04. The normalized spacial score (nSPS) is 15.2. The Morgan fingerprint density at radius 2 is 2.12 bits per heavy atom. The van der Waals surface area contributed by atoms with E-state index in [-0.39, 0.29) is 0 Å². The summed E-state index contributed by atoms with van der Waals surface area (Å²) in [6.07, 6.45) is 0. The molecule has 1 aromatic carbocycles. The number of methoxy groups -OCH3 is 1. The van der Waals surface area contributed by atoms with Gasteiger partial charge >= 0.3 is 5.97 Å². The molecule has 6 nitrogen and oxygen atoms in total. The van der Waals surface area contributed by atoms with Gasteiger partial charge in [-0.2, -0.15) is 0 Å². The van der Waals surface area contributed by atoms with Crippen LogP contribution in [0.5, 0.6) is 0 Å². The maximum absolute atomic E-state index is 11.5. The Morgan fingerprint density at radius 1 is 1.53 bits per heavy atom. The average molecular weight is 235 g/mol. The van der Waals surface area contributed by atoms with Gasteiger partial charge in [0.15, 0.2) is 5.60 Å². The van der Waals surface area contributed by atoms with Crippen molar-refractivity contribution in [1.29, 1.82) is 0 Å². The monoisotopic (exact) mass is 235 g/mol. The molecule has 17 heavy (non-hydrogen) atoms. The highest BCUT2D eigenvalue weighted by Crippen LogP contribution is 2.30. The number of rotatable bonds is 4. The van der Waals surface area contributed by atoms with E-state index in [1.165, 1.54) is 6.92 Å². The molecule has 2 atom stereocenters. The molecule has 90 valence electrons. The first-order valence-electron chi connectivity index (χ1n) is 4.94. The van der Waals surface area contributed by atoms with Crippen LogP contribution >= 0.6 is 0 Å². The van der Waals surface area contributed by atoms with Crippen molar-refractivity contribution in [2.75, 3.05) is 7.11 Å². The second kappa shape index (κ2) is 5.34. The van der Waals surface area contributed by atoms with E-state index in [0.29, 0.717) is 5.56 Å². The molecule has 0 unspecified atom stereocenters. The highest BCUT2D eigenvalue weighted by Gasteiger charge is 2.40. The predicted octanol–water partition coefficient (Wildman–Crippen LogP) is 1.96. The minimum absolute atomic E-state index is 0.542. The number of azide groups is 1. The molecule has 0 bridgehead atoms. The van der Waals surface area contributed by atoms with E-state index in [4.69, 9.17) is 5.53 Å². The van der Waals surface area contributed by atoms with Crippen molar-refractivity contribution in [1.82, 2.24) is 0 Å². The maximum Gasteiger partial charge on any atom is 0.338 e. The van der Waals surface area contributed by atoms with Crippen LogP contribution in [0.25, 0.3) is 10.4 Å². The number of hydrogen-bond acceptors (Lipinski definition) is 4. The third-order valence-corrected chi connectivity index (χ3v) is 2.41. The number of esters is 1. The zero-order valence-corrected chi connectivity index (χ0v) is 9.57. The third kappa shape index (κ3) is 2.75. The van der Waals surface area contributed by atoms with Crippen LogP contribution in [0.3, 0.4) is 0 Å². The highest BCUT2D eigenvalue weighted by molar-refractivity contribution is 5.80. The van der Waals surface area contributed by atoms with E-state index >= 15 is 0 Å². The van der Waals surface area contributed by atoms with Gasteiger partial charge in [-0.1, -0.05) is 35.4 Å². The zero-order chi connectivity index (χ0) is 12.9. The SMILES string of the molecule is COC(=O)[C@](C)(O)[C@@H](N=[N+]=[N-])c1ccccc1. The van der Waals surface area contributed by atoms with Crippen molar-refractivity contribution in [3.63, 3.8) is 0 Å². The number of carbonyl (C=O) groups is 1. The van der Waals surface area contributed by atoms with Crippen molar-refractivity contribution >= 4 is 5.97 Å². The summed E-state index contributed by atoms with van der Waals surface area (Å²) in [6, 6.07) is 7.53. The summed E-state index contributed by atoms with van der Waals surface area (Å²) in [6.45, 7) is 1.26. The number of carbonyl (C=O) groups excluding carboxylic acids is 1. The highest BCUT2D eigenvalue weighted by atomic mass is 16.5. The molecule has 0 heterocycles.